The molecule has 0 saturated heterocycles. The van der Waals surface area contributed by atoms with Gasteiger partial charge in [0.2, 0.25) is 0 Å². The van der Waals surface area contributed by atoms with Gasteiger partial charge in [0.15, 0.2) is 11.4 Å². The van der Waals surface area contributed by atoms with Gasteiger partial charge in [-0.25, -0.2) is 9.79 Å². The molecule has 1 N–H and O–H groups in total. The summed E-state index contributed by atoms with van der Waals surface area (Å²) in [6.45, 7) is 6.12. The first kappa shape index (κ1) is 30.1. The molecule has 41 heavy (non-hydrogen) atoms. The van der Waals surface area contributed by atoms with E-state index in [1.165, 1.54) is 15.9 Å². The van der Waals surface area contributed by atoms with Crippen LogP contribution in [0.4, 0.5) is 0 Å². The van der Waals surface area contributed by atoms with Crippen LogP contribution in [0, 0.1) is 0 Å². The normalized spacial score (nSPS) is 14.8. The van der Waals surface area contributed by atoms with Gasteiger partial charge in [-0.3, -0.25) is 14.2 Å². The molecule has 2 aromatic carbocycles. The topological polar surface area (TPSA) is 120 Å². The second-order valence-corrected chi connectivity index (χ2v) is 10.9. The van der Waals surface area contributed by atoms with Gasteiger partial charge < -0.3 is 24.2 Å². The van der Waals surface area contributed by atoms with Crippen LogP contribution in [0.5, 0.6) is 17.2 Å². The van der Waals surface area contributed by atoms with E-state index in [2.05, 4.69) is 15.9 Å². The first-order valence-electron chi connectivity index (χ1n) is 12.8. The van der Waals surface area contributed by atoms with Crippen LogP contribution in [0.3, 0.4) is 0 Å². The highest BCUT2D eigenvalue weighted by molar-refractivity contribution is 9.10. The number of hydrogen-bond donors (Lipinski definition) is 1. The Hall–Kier alpha value is -3.90. The third-order valence-electron chi connectivity index (χ3n) is 6.64. The van der Waals surface area contributed by atoms with Crippen LogP contribution >= 0.6 is 27.3 Å². The Balaban J connectivity index is 1.93. The van der Waals surface area contributed by atoms with Crippen LogP contribution < -0.4 is 29.1 Å². The highest BCUT2D eigenvalue weighted by Gasteiger charge is 2.36. The number of rotatable bonds is 10. The molecule has 0 fully saturated rings. The molecule has 1 atom stereocenters. The largest absolute Gasteiger partial charge is 0.497 e. The van der Waals surface area contributed by atoms with Crippen molar-refractivity contribution in [1.82, 2.24) is 9.47 Å². The molecule has 0 unspecified atom stereocenters. The van der Waals surface area contributed by atoms with Crippen LogP contribution in [0.25, 0.3) is 6.08 Å². The van der Waals surface area contributed by atoms with E-state index in [9.17, 15) is 14.4 Å². The van der Waals surface area contributed by atoms with Gasteiger partial charge in [-0.1, -0.05) is 17.4 Å². The van der Waals surface area contributed by atoms with Gasteiger partial charge >= 0.3 is 5.97 Å². The number of carbonyl (C=O) groups is 2. The summed E-state index contributed by atoms with van der Waals surface area (Å²) in [6, 6.07) is 9.58. The first-order valence-corrected chi connectivity index (χ1v) is 14.4. The summed E-state index contributed by atoms with van der Waals surface area (Å²) in [5.41, 5.74) is 1.89. The van der Waals surface area contributed by atoms with E-state index in [-0.39, 0.29) is 11.5 Å². The molecule has 10 nitrogen and oxygen atoms in total. The van der Waals surface area contributed by atoms with Crippen molar-refractivity contribution < 1.29 is 28.9 Å². The van der Waals surface area contributed by atoms with Crippen molar-refractivity contribution in [3.8, 4) is 17.2 Å². The highest BCUT2D eigenvalue weighted by atomic mass is 79.9. The number of ether oxygens (including phenoxy) is 3. The van der Waals surface area contributed by atoms with Crippen LogP contribution in [0.1, 0.15) is 37.9 Å². The lowest BCUT2D eigenvalue weighted by atomic mass is 9.93. The second kappa shape index (κ2) is 12.7. The molecule has 0 radical (unpaired) electrons. The highest BCUT2D eigenvalue weighted by Crippen LogP contribution is 2.38. The van der Waals surface area contributed by atoms with E-state index in [0.717, 1.165) is 0 Å². The quantitative estimate of drug-likeness (QED) is 0.360. The zero-order valence-electron chi connectivity index (χ0n) is 23.3. The zero-order chi connectivity index (χ0) is 29.8. The number of methoxy groups -OCH3 is 2. The average Bonchev–Trinajstić information content (AvgIpc) is 3.25. The molecule has 1 aliphatic heterocycles. The fourth-order valence-electron chi connectivity index (χ4n) is 4.64. The van der Waals surface area contributed by atoms with Crippen LogP contribution in [-0.4, -0.2) is 60.4 Å². The van der Waals surface area contributed by atoms with Gasteiger partial charge in [-0.05, 0) is 78.7 Å². The molecular weight excluding hydrogens is 614 g/mol. The van der Waals surface area contributed by atoms with Gasteiger partial charge in [0, 0.05) is 18.7 Å². The van der Waals surface area contributed by atoms with Crippen molar-refractivity contribution in [3.05, 3.63) is 83.0 Å². The number of likely N-dealkylation sites (N-methyl/N-ethyl adjacent to an activating group) is 1. The number of aliphatic carboxylic acids is 1. The molecule has 0 aliphatic carbocycles. The summed E-state index contributed by atoms with van der Waals surface area (Å²) in [6.07, 6.45) is 1.72. The molecule has 0 spiro atoms. The van der Waals surface area contributed by atoms with E-state index >= 15 is 0 Å². The summed E-state index contributed by atoms with van der Waals surface area (Å²) in [7, 11) is 3.09. The maximum absolute atomic E-state index is 14.0. The van der Waals surface area contributed by atoms with Crippen LogP contribution in [0.2, 0.25) is 0 Å². The molecule has 2 heterocycles. The Bertz CT molecular complexity index is 1710. The van der Waals surface area contributed by atoms with Crippen LogP contribution in [0.15, 0.2) is 61.9 Å². The number of carboxylic acid groups (broad SMARTS) is 1. The predicted octanol–water partition coefficient (Wildman–Crippen LogP) is 3.35. The molecular formula is C29H30BrN3O7S. The summed E-state index contributed by atoms with van der Waals surface area (Å²) in [5.74, 6) is 0.138. The third kappa shape index (κ3) is 6.08. The van der Waals surface area contributed by atoms with E-state index in [4.69, 9.17) is 24.3 Å². The maximum Gasteiger partial charge on any atom is 0.341 e. The number of aromatic nitrogens is 1. The minimum Gasteiger partial charge on any atom is -0.497 e. The van der Waals surface area contributed by atoms with E-state index < -0.39 is 18.6 Å². The molecule has 12 heteroatoms. The number of carbonyl (C=O) groups excluding carboxylic acids is 1. The fraction of sp³-hybridized carbons (Fsp3) is 0.310. The van der Waals surface area contributed by atoms with Crippen LogP contribution in [-0.2, 0) is 9.59 Å². The molecule has 216 valence electrons. The van der Waals surface area contributed by atoms with E-state index in [0.29, 0.717) is 66.5 Å². The summed E-state index contributed by atoms with van der Waals surface area (Å²) in [4.78, 5) is 45.6. The lowest BCUT2D eigenvalue weighted by molar-refractivity contribution is -0.139. The summed E-state index contributed by atoms with van der Waals surface area (Å²) < 4.78 is 18.9. The van der Waals surface area contributed by atoms with Crippen molar-refractivity contribution in [3.63, 3.8) is 0 Å². The fourth-order valence-corrected chi connectivity index (χ4v) is 6.20. The average molecular weight is 645 g/mol. The first-order chi connectivity index (χ1) is 19.6. The minimum absolute atomic E-state index is 0.207. The van der Waals surface area contributed by atoms with Gasteiger partial charge in [0.1, 0.15) is 23.3 Å². The van der Waals surface area contributed by atoms with Crippen molar-refractivity contribution in [2.75, 3.05) is 33.9 Å². The predicted molar refractivity (Wildman–Crippen MR) is 159 cm³/mol. The Morgan fingerprint density at radius 2 is 1.83 bits per heavy atom. The Morgan fingerprint density at radius 1 is 1.12 bits per heavy atom. The number of amides is 1. The van der Waals surface area contributed by atoms with Gasteiger partial charge in [-0.15, -0.1) is 0 Å². The van der Waals surface area contributed by atoms with Gasteiger partial charge in [0.25, 0.3) is 11.5 Å². The number of benzene rings is 2. The number of thiazole rings is 1. The van der Waals surface area contributed by atoms with E-state index in [1.54, 1.807) is 68.5 Å². The number of halogens is 1. The SMILES string of the molecule is CCN(CC)C(=O)C1=C(C)N=c2s/c(=C\c3ccc(OCC(=O)O)c(Br)c3)c(=O)n2[C@H]1c1cc(OC)ccc1OC. The van der Waals surface area contributed by atoms with Gasteiger partial charge in [-0.2, -0.15) is 0 Å². The third-order valence-corrected chi connectivity index (χ3v) is 8.24. The number of hydrogen-bond acceptors (Lipinski definition) is 8. The molecule has 3 aromatic rings. The molecule has 1 aliphatic rings. The number of carboxylic acids is 1. The minimum atomic E-state index is -1.08. The molecule has 1 aromatic heterocycles. The maximum atomic E-state index is 14.0. The Labute approximate surface area is 248 Å². The Kier molecular flexibility index (Phi) is 9.34. The second-order valence-electron chi connectivity index (χ2n) is 9.04. The molecule has 1 amide bonds. The van der Waals surface area contributed by atoms with E-state index in [1.807, 2.05) is 13.8 Å². The monoisotopic (exact) mass is 643 g/mol. The van der Waals surface area contributed by atoms with Crippen molar-refractivity contribution in [1.29, 1.82) is 0 Å². The lowest BCUT2D eigenvalue weighted by Crippen LogP contribution is -2.43. The van der Waals surface area contributed by atoms with Crippen molar-refractivity contribution in [2.24, 2.45) is 4.99 Å². The summed E-state index contributed by atoms with van der Waals surface area (Å²) >= 11 is 4.62. The summed E-state index contributed by atoms with van der Waals surface area (Å²) in [5, 5.41) is 8.89. The number of allylic oxidation sites excluding steroid dienone is 1. The Morgan fingerprint density at radius 3 is 2.44 bits per heavy atom. The smallest absolute Gasteiger partial charge is 0.341 e. The van der Waals surface area contributed by atoms with Crippen molar-refractivity contribution >= 4 is 45.2 Å². The zero-order valence-corrected chi connectivity index (χ0v) is 25.7. The molecule has 4 rings (SSSR count). The molecule has 0 saturated carbocycles. The standard InChI is InChI=1S/C29H30BrN3O7S/c1-6-32(7-2)28(37)25-16(3)31-29-33(26(25)19-14-18(38-4)9-11-21(19)39-5)27(36)23(41-29)13-17-8-10-22(20(30)12-17)40-15-24(34)35/h8-14,26H,6-7,15H2,1-5H3,(H,34,35)/b23-13-/t26-/m0/s1. The molecule has 0 bridgehead atoms. The van der Waals surface area contributed by atoms with Gasteiger partial charge in [0.05, 0.1) is 34.5 Å². The number of fused-ring (bicyclic) bond motifs is 1. The number of nitrogens with zero attached hydrogens (tertiary/aromatic N) is 3. The van der Waals surface area contributed by atoms with Crippen molar-refractivity contribution in [2.45, 2.75) is 26.8 Å². The lowest BCUT2D eigenvalue weighted by Gasteiger charge is -2.30.